The molecule has 0 spiro atoms. The number of carbonyl (C=O) groups is 1. The molecule has 1 heterocycles. The van der Waals surface area contributed by atoms with Crippen LogP contribution in [0.5, 0.6) is 0 Å². The van der Waals surface area contributed by atoms with Gasteiger partial charge in [-0.05, 0) is 45.7 Å². The van der Waals surface area contributed by atoms with E-state index in [1.54, 1.807) is 31.2 Å². The summed E-state index contributed by atoms with van der Waals surface area (Å²) < 4.78 is 1.35. The van der Waals surface area contributed by atoms with Gasteiger partial charge in [-0.15, -0.1) is 0 Å². The lowest BCUT2D eigenvalue weighted by Gasteiger charge is -2.27. The van der Waals surface area contributed by atoms with Crippen molar-refractivity contribution < 1.29 is 4.79 Å². The summed E-state index contributed by atoms with van der Waals surface area (Å²) in [5, 5.41) is 7.25. The molecule has 1 aromatic heterocycles. The Hall–Kier alpha value is -2.90. The number of aromatic nitrogens is 2. The van der Waals surface area contributed by atoms with Crippen LogP contribution in [0.25, 0.3) is 10.8 Å². The fourth-order valence-corrected chi connectivity index (χ4v) is 2.43. The van der Waals surface area contributed by atoms with Crippen LogP contribution in [0.15, 0.2) is 39.0 Å². The molecule has 2 amide bonds. The van der Waals surface area contributed by atoms with Gasteiger partial charge < -0.3 is 5.73 Å². The molecule has 0 aliphatic rings. The van der Waals surface area contributed by atoms with E-state index >= 15 is 0 Å². The molecule has 0 unspecified atom stereocenters. The highest BCUT2D eigenvalue weighted by Crippen LogP contribution is 2.19. The van der Waals surface area contributed by atoms with E-state index in [1.165, 1.54) is 4.68 Å². The number of amides is 2. The van der Waals surface area contributed by atoms with Crippen LogP contribution in [0.2, 0.25) is 0 Å². The van der Waals surface area contributed by atoms with Crippen molar-refractivity contribution in [1.82, 2.24) is 15.2 Å². The Bertz CT molecular complexity index is 908. The predicted octanol–water partition coefficient (Wildman–Crippen LogP) is 1.25. The highest BCUT2D eigenvalue weighted by atomic mass is 16.2. The van der Waals surface area contributed by atoms with E-state index in [-0.39, 0.29) is 11.1 Å². The molecule has 128 valence electrons. The molecular formula is C16H21N5O3. The fraction of sp³-hybridized carbons (Fsp3) is 0.375. The molecule has 24 heavy (non-hydrogen) atoms. The molecule has 0 bridgehead atoms. The van der Waals surface area contributed by atoms with Crippen molar-refractivity contribution in [1.29, 1.82) is 0 Å². The number of nitrogens with zero attached hydrogens (tertiary/aromatic N) is 2. The molecule has 0 aliphatic carbocycles. The van der Waals surface area contributed by atoms with Crippen molar-refractivity contribution in [3.05, 3.63) is 45.0 Å². The molecular weight excluding hydrogens is 310 g/mol. The number of benzene rings is 1. The molecule has 0 fully saturated rings. The Morgan fingerprint density at radius 2 is 1.92 bits per heavy atom. The van der Waals surface area contributed by atoms with Gasteiger partial charge in [0.05, 0.1) is 16.3 Å². The number of fused-ring (bicyclic) bond motifs is 1. The summed E-state index contributed by atoms with van der Waals surface area (Å²) in [6.45, 7) is 5.46. The first kappa shape index (κ1) is 17.5. The van der Waals surface area contributed by atoms with Crippen LogP contribution in [-0.4, -0.2) is 21.5 Å². The Morgan fingerprint density at radius 1 is 1.29 bits per heavy atom. The number of hydrazone groups is 1. The van der Waals surface area contributed by atoms with Crippen LogP contribution < -0.4 is 22.3 Å². The largest absolute Gasteiger partial charge is 0.350 e. The summed E-state index contributed by atoms with van der Waals surface area (Å²) in [5.74, 6) is 0. The van der Waals surface area contributed by atoms with Crippen LogP contribution in [0.3, 0.4) is 0 Å². The second-order valence-electron chi connectivity index (χ2n) is 6.26. The van der Waals surface area contributed by atoms with Gasteiger partial charge in [0.2, 0.25) is 0 Å². The highest BCUT2D eigenvalue weighted by molar-refractivity contribution is 5.83. The lowest BCUT2D eigenvalue weighted by atomic mass is 9.97. The molecule has 1 aromatic carbocycles. The molecule has 4 N–H and O–H groups in total. The number of rotatable bonds is 5. The van der Waals surface area contributed by atoms with E-state index in [1.807, 2.05) is 13.8 Å². The van der Waals surface area contributed by atoms with E-state index in [0.717, 1.165) is 0 Å². The van der Waals surface area contributed by atoms with Crippen LogP contribution in [0.4, 0.5) is 4.79 Å². The number of aromatic amines is 1. The average molecular weight is 331 g/mol. The zero-order valence-corrected chi connectivity index (χ0v) is 13.9. The van der Waals surface area contributed by atoms with Gasteiger partial charge in [-0.25, -0.2) is 14.9 Å². The number of hydrogen-bond acceptors (Lipinski definition) is 4. The Morgan fingerprint density at radius 3 is 2.54 bits per heavy atom. The summed E-state index contributed by atoms with van der Waals surface area (Å²) in [5.41, 5.74) is 6.60. The van der Waals surface area contributed by atoms with Gasteiger partial charge in [-0.2, -0.15) is 5.10 Å². The van der Waals surface area contributed by atoms with Crippen LogP contribution in [0.1, 0.15) is 33.6 Å². The lowest BCUT2D eigenvalue weighted by molar-refractivity contribution is 0.249. The van der Waals surface area contributed by atoms with Gasteiger partial charge in [0.25, 0.3) is 11.1 Å². The van der Waals surface area contributed by atoms with E-state index in [0.29, 0.717) is 29.3 Å². The summed E-state index contributed by atoms with van der Waals surface area (Å²) in [4.78, 5) is 35.5. The van der Waals surface area contributed by atoms with E-state index in [4.69, 9.17) is 5.73 Å². The van der Waals surface area contributed by atoms with Crippen molar-refractivity contribution in [2.24, 2.45) is 10.8 Å². The van der Waals surface area contributed by atoms with Crippen molar-refractivity contribution >= 4 is 22.5 Å². The molecule has 0 aliphatic heterocycles. The third kappa shape index (κ3) is 3.70. The summed E-state index contributed by atoms with van der Waals surface area (Å²) >= 11 is 0. The Balaban J connectivity index is 2.33. The lowest BCUT2D eigenvalue weighted by Crippen LogP contribution is -2.42. The Kier molecular flexibility index (Phi) is 4.87. The number of nitrogens with two attached hydrogens (primary N) is 1. The number of primary amides is 1. The predicted molar refractivity (Wildman–Crippen MR) is 93.2 cm³/mol. The van der Waals surface area contributed by atoms with Crippen LogP contribution >= 0.6 is 0 Å². The zero-order chi connectivity index (χ0) is 17.9. The minimum Gasteiger partial charge on any atom is -0.350 e. The molecule has 0 atom stereocenters. The van der Waals surface area contributed by atoms with Gasteiger partial charge >= 0.3 is 6.03 Å². The fourth-order valence-electron chi connectivity index (χ4n) is 2.43. The first-order valence-electron chi connectivity index (χ1n) is 7.55. The van der Waals surface area contributed by atoms with E-state index in [9.17, 15) is 14.4 Å². The summed E-state index contributed by atoms with van der Waals surface area (Å²) in [6.07, 6.45) is 1.06. The van der Waals surface area contributed by atoms with Gasteiger partial charge in [0, 0.05) is 5.71 Å². The number of nitrogens with one attached hydrogen (secondary N) is 2. The van der Waals surface area contributed by atoms with Gasteiger partial charge in [-0.1, -0.05) is 12.1 Å². The Labute approximate surface area is 138 Å². The quantitative estimate of drug-likeness (QED) is 0.564. The minimum atomic E-state index is -0.733. The second kappa shape index (κ2) is 6.69. The number of H-pyrrole nitrogens is 1. The second-order valence-corrected chi connectivity index (χ2v) is 6.26. The minimum absolute atomic E-state index is 0.250. The summed E-state index contributed by atoms with van der Waals surface area (Å²) in [7, 11) is 0. The summed E-state index contributed by atoms with van der Waals surface area (Å²) in [6, 6.07) is 5.98. The zero-order valence-electron chi connectivity index (χ0n) is 13.9. The molecule has 8 heteroatoms. The molecule has 8 nitrogen and oxygen atoms in total. The SMILES string of the molecule is C/C(CCC(C)(C)n1[nH]c(=O)c2ccccc2c1=O)=N\NC(N)=O. The van der Waals surface area contributed by atoms with Crippen molar-refractivity contribution in [2.45, 2.75) is 39.2 Å². The highest BCUT2D eigenvalue weighted by Gasteiger charge is 2.23. The monoisotopic (exact) mass is 331 g/mol. The molecule has 0 saturated heterocycles. The average Bonchev–Trinajstić information content (AvgIpc) is 2.54. The van der Waals surface area contributed by atoms with Gasteiger partial charge in [0.1, 0.15) is 0 Å². The number of hydrogen-bond donors (Lipinski definition) is 3. The number of urea groups is 1. The molecule has 0 saturated carbocycles. The molecule has 0 radical (unpaired) electrons. The van der Waals surface area contributed by atoms with Gasteiger partial charge in [0.15, 0.2) is 0 Å². The van der Waals surface area contributed by atoms with Gasteiger partial charge in [-0.3, -0.25) is 14.7 Å². The standard InChI is InChI=1S/C16H21N5O3/c1-10(18-19-15(17)24)8-9-16(2,3)21-14(23)12-7-5-4-6-11(12)13(22)20-21/h4-7H,8-9H2,1-3H3,(H,20,22)(H3,17,19,24)/b18-10+. The maximum Gasteiger partial charge on any atom is 0.332 e. The van der Waals surface area contributed by atoms with E-state index < -0.39 is 11.6 Å². The van der Waals surface area contributed by atoms with Crippen molar-refractivity contribution in [3.8, 4) is 0 Å². The normalized spacial score (nSPS) is 12.4. The first-order chi connectivity index (χ1) is 11.2. The third-order valence-electron chi connectivity index (χ3n) is 3.88. The number of carbonyl (C=O) groups excluding carboxylic acids is 1. The maximum atomic E-state index is 12.7. The first-order valence-corrected chi connectivity index (χ1v) is 7.55. The third-order valence-corrected chi connectivity index (χ3v) is 3.88. The van der Waals surface area contributed by atoms with Crippen molar-refractivity contribution in [2.75, 3.05) is 0 Å². The topological polar surface area (TPSA) is 122 Å². The van der Waals surface area contributed by atoms with Crippen LogP contribution in [-0.2, 0) is 5.54 Å². The molecule has 2 rings (SSSR count). The maximum absolute atomic E-state index is 12.7. The van der Waals surface area contributed by atoms with Crippen LogP contribution in [0, 0.1) is 0 Å². The smallest absolute Gasteiger partial charge is 0.332 e. The molecule has 2 aromatic rings. The van der Waals surface area contributed by atoms with E-state index in [2.05, 4.69) is 15.6 Å². The van der Waals surface area contributed by atoms with Crippen molar-refractivity contribution in [3.63, 3.8) is 0 Å².